The van der Waals surface area contributed by atoms with Crippen LogP contribution in [0.3, 0.4) is 0 Å². The first kappa shape index (κ1) is 16.2. The molecule has 3 N–H and O–H groups in total. The summed E-state index contributed by atoms with van der Waals surface area (Å²) in [5, 5.41) is 12.4. The molecule has 1 aliphatic carbocycles. The zero-order valence-electron chi connectivity index (χ0n) is 12.8. The highest BCUT2D eigenvalue weighted by molar-refractivity contribution is 6.33. The molecule has 1 atom stereocenters. The minimum Gasteiger partial charge on any atom is -0.365 e. The van der Waals surface area contributed by atoms with E-state index in [2.05, 4.69) is 15.2 Å². The summed E-state index contributed by atoms with van der Waals surface area (Å²) in [5.74, 6) is 0.997. The Morgan fingerprint density at radius 2 is 2.30 bits per heavy atom. The SMILES string of the molecule is O=C(/C=C/c1cnc(N[C@@H]2CCN(CC3CC3)C2)c(Cl)c1)NO. The summed E-state index contributed by atoms with van der Waals surface area (Å²) in [7, 11) is 0. The number of nitrogens with one attached hydrogen (secondary N) is 2. The number of halogens is 1. The second kappa shape index (κ2) is 7.29. The van der Waals surface area contributed by atoms with Gasteiger partial charge in [-0.3, -0.25) is 10.0 Å². The van der Waals surface area contributed by atoms with Crippen LogP contribution >= 0.6 is 11.6 Å². The van der Waals surface area contributed by atoms with Crippen LogP contribution in [0.4, 0.5) is 5.82 Å². The fraction of sp³-hybridized carbons (Fsp3) is 0.500. The first-order valence-electron chi connectivity index (χ1n) is 7.90. The summed E-state index contributed by atoms with van der Waals surface area (Å²) in [4.78, 5) is 17.8. The number of hydrogen-bond acceptors (Lipinski definition) is 5. The molecule has 3 rings (SSSR count). The third kappa shape index (κ3) is 4.67. The number of amides is 1. The number of hydrogen-bond donors (Lipinski definition) is 3. The highest BCUT2D eigenvalue weighted by atomic mass is 35.5. The Hall–Kier alpha value is -1.63. The van der Waals surface area contributed by atoms with Crippen molar-refractivity contribution < 1.29 is 10.0 Å². The Morgan fingerprint density at radius 1 is 1.48 bits per heavy atom. The molecular weight excluding hydrogens is 316 g/mol. The monoisotopic (exact) mass is 336 g/mol. The van der Waals surface area contributed by atoms with Gasteiger partial charge in [-0.25, -0.2) is 10.5 Å². The summed E-state index contributed by atoms with van der Waals surface area (Å²) in [6.07, 6.45) is 8.26. The first-order valence-corrected chi connectivity index (χ1v) is 8.28. The third-order valence-corrected chi connectivity index (χ3v) is 4.51. The van der Waals surface area contributed by atoms with Crippen molar-refractivity contribution in [1.29, 1.82) is 0 Å². The molecule has 0 aromatic carbocycles. The van der Waals surface area contributed by atoms with E-state index < -0.39 is 5.91 Å². The number of nitrogens with zero attached hydrogens (tertiary/aromatic N) is 2. The van der Waals surface area contributed by atoms with Gasteiger partial charge in [0.25, 0.3) is 5.91 Å². The van der Waals surface area contributed by atoms with Gasteiger partial charge in [0.2, 0.25) is 0 Å². The molecule has 6 nitrogen and oxygen atoms in total. The van der Waals surface area contributed by atoms with E-state index in [0.29, 0.717) is 22.4 Å². The number of likely N-dealkylation sites (tertiary alicyclic amines) is 1. The Bertz CT molecular complexity index is 604. The van der Waals surface area contributed by atoms with Crippen LogP contribution in [-0.4, -0.2) is 46.7 Å². The van der Waals surface area contributed by atoms with Gasteiger partial charge in [-0.05, 0) is 42.9 Å². The molecule has 7 heteroatoms. The highest BCUT2D eigenvalue weighted by Crippen LogP contribution is 2.31. The van der Waals surface area contributed by atoms with Crippen LogP contribution < -0.4 is 10.8 Å². The summed E-state index contributed by atoms with van der Waals surface area (Å²) >= 11 is 6.27. The second-order valence-corrected chi connectivity index (χ2v) is 6.65. The van der Waals surface area contributed by atoms with E-state index in [1.807, 2.05) is 0 Å². The third-order valence-electron chi connectivity index (χ3n) is 4.23. The van der Waals surface area contributed by atoms with Crippen LogP contribution in [0.5, 0.6) is 0 Å². The summed E-state index contributed by atoms with van der Waals surface area (Å²) in [5.41, 5.74) is 2.24. The summed E-state index contributed by atoms with van der Waals surface area (Å²) < 4.78 is 0. The van der Waals surface area contributed by atoms with E-state index >= 15 is 0 Å². The zero-order valence-corrected chi connectivity index (χ0v) is 13.6. The molecule has 124 valence electrons. The summed E-state index contributed by atoms with van der Waals surface area (Å²) in [6, 6.07) is 2.12. The minimum atomic E-state index is -0.593. The van der Waals surface area contributed by atoms with Crippen LogP contribution in [-0.2, 0) is 4.79 Å². The first-order chi connectivity index (χ1) is 11.1. The lowest BCUT2D eigenvalue weighted by Crippen LogP contribution is -2.28. The van der Waals surface area contributed by atoms with Gasteiger partial charge in [0.05, 0.1) is 5.02 Å². The molecular formula is C16H21ClN4O2. The molecule has 1 aliphatic heterocycles. The van der Waals surface area contributed by atoms with Crippen LogP contribution in [0, 0.1) is 5.92 Å². The molecule has 0 bridgehead atoms. The number of carbonyl (C=O) groups is 1. The van der Waals surface area contributed by atoms with Crippen LogP contribution in [0.1, 0.15) is 24.8 Å². The molecule has 1 saturated heterocycles. The number of anilines is 1. The van der Waals surface area contributed by atoms with Crippen molar-refractivity contribution >= 4 is 29.4 Å². The maximum Gasteiger partial charge on any atom is 0.267 e. The maximum atomic E-state index is 11.0. The molecule has 0 unspecified atom stereocenters. The van der Waals surface area contributed by atoms with Crippen molar-refractivity contribution in [3.8, 4) is 0 Å². The van der Waals surface area contributed by atoms with Crippen molar-refractivity contribution in [3.05, 3.63) is 28.9 Å². The fourth-order valence-electron chi connectivity index (χ4n) is 2.83. The van der Waals surface area contributed by atoms with E-state index in [4.69, 9.17) is 16.8 Å². The molecule has 0 spiro atoms. The molecule has 1 amide bonds. The molecule has 1 aromatic heterocycles. The van der Waals surface area contributed by atoms with E-state index in [9.17, 15) is 4.79 Å². The average molecular weight is 337 g/mol. The van der Waals surface area contributed by atoms with Crippen molar-refractivity contribution in [2.45, 2.75) is 25.3 Å². The number of carbonyl (C=O) groups excluding carboxylic acids is 1. The number of rotatable bonds is 6. The minimum absolute atomic E-state index is 0.375. The summed E-state index contributed by atoms with van der Waals surface area (Å²) in [6.45, 7) is 3.38. The molecule has 0 radical (unpaired) electrons. The van der Waals surface area contributed by atoms with Crippen LogP contribution in [0.25, 0.3) is 6.08 Å². The molecule has 23 heavy (non-hydrogen) atoms. The van der Waals surface area contributed by atoms with E-state index in [0.717, 1.165) is 25.4 Å². The van der Waals surface area contributed by atoms with Gasteiger partial charge in [-0.1, -0.05) is 11.6 Å². The topological polar surface area (TPSA) is 77.5 Å². The van der Waals surface area contributed by atoms with Crippen molar-refractivity contribution in [1.82, 2.24) is 15.4 Å². The van der Waals surface area contributed by atoms with Gasteiger partial charge >= 0.3 is 0 Å². The Kier molecular flexibility index (Phi) is 5.15. The number of aromatic nitrogens is 1. The lowest BCUT2D eigenvalue weighted by atomic mass is 10.2. The smallest absolute Gasteiger partial charge is 0.267 e. The van der Waals surface area contributed by atoms with Crippen LogP contribution in [0.15, 0.2) is 18.3 Å². The Labute approximate surface area is 140 Å². The molecule has 1 saturated carbocycles. The standard InChI is InChI=1S/C16H21ClN4O2/c17-14-7-12(3-4-15(22)20-23)8-18-16(14)19-13-5-6-21(10-13)9-11-1-2-11/h3-4,7-8,11,13,23H,1-2,5-6,9-10H2,(H,18,19)(H,20,22)/b4-3+/t13-/m1/s1. The molecule has 2 fully saturated rings. The van der Waals surface area contributed by atoms with Gasteiger partial charge in [-0.2, -0.15) is 0 Å². The lowest BCUT2D eigenvalue weighted by molar-refractivity contribution is -0.124. The molecule has 2 heterocycles. The Morgan fingerprint density at radius 3 is 3.00 bits per heavy atom. The van der Waals surface area contributed by atoms with Gasteiger partial charge in [0.1, 0.15) is 5.82 Å². The quantitative estimate of drug-likeness (QED) is 0.421. The van der Waals surface area contributed by atoms with E-state index in [1.54, 1.807) is 18.3 Å². The normalized spacial score (nSPS) is 21.7. The predicted molar refractivity (Wildman–Crippen MR) is 89.4 cm³/mol. The van der Waals surface area contributed by atoms with Gasteiger partial charge in [0, 0.05) is 37.9 Å². The van der Waals surface area contributed by atoms with Crippen molar-refractivity contribution in [2.75, 3.05) is 25.0 Å². The Balaban J connectivity index is 1.55. The van der Waals surface area contributed by atoms with E-state index in [1.165, 1.54) is 30.9 Å². The number of hydroxylamine groups is 1. The van der Waals surface area contributed by atoms with Crippen molar-refractivity contribution in [2.24, 2.45) is 5.92 Å². The highest BCUT2D eigenvalue weighted by Gasteiger charge is 2.29. The fourth-order valence-corrected chi connectivity index (χ4v) is 3.06. The van der Waals surface area contributed by atoms with Gasteiger partial charge < -0.3 is 10.2 Å². The largest absolute Gasteiger partial charge is 0.365 e. The average Bonchev–Trinajstić information content (AvgIpc) is 3.25. The number of pyridine rings is 1. The molecule has 1 aromatic rings. The van der Waals surface area contributed by atoms with Crippen molar-refractivity contribution in [3.63, 3.8) is 0 Å². The molecule has 2 aliphatic rings. The zero-order chi connectivity index (χ0) is 16.2. The van der Waals surface area contributed by atoms with Gasteiger partial charge in [-0.15, -0.1) is 0 Å². The predicted octanol–water partition coefficient (Wildman–Crippen LogP) is 2.15. The van der Waals surface area contributed by atoms with E-state index in [-0.39, 0.29) is 0 Å². The van der Waals surface area contributed by atoms with Gasteiger partial charge in [0.15, 0.2) is 0 Å². The lowest BCUT2D eigenvalue weighted by Gasteiger charge is -2.17. The second-order valence-electron chi connectivity index (χ2n) is 6.24. The maximum absolute atomic E-state index is 11.0. The van der Waals surface area contributed by atoms with Crippen LogP contribution in [0.2, 0.25) is 5.02 Å².